The minimum atomic E-state index is 0.264. The molecule has 0 radical (unpaired) electrons. The van der Waals surface area contributed by atoms with E-state index < -0.39 is 0 Å². The Labute approximate surface area is 91.3 Å². The van der Waals surface area contributed by atoms with E-state index >= 15 is 0 Å². The molecule has 1 heterocycles. The molecule has 14 heavy (non-hydrogen) atoms. The van der Waals surface area contributed by atoms with E-state index in [4.69, 9.17) is 5.73 Å². The average molecular weight is 211 g/mol. The van der Waals surface area contributed by atoms with Gasteiger partial charge in [-0.05, 0) is 31.9 Å². The summed E-state index contributed by atoms with van der Waals surface area (Å²) in [5.41, 5.74) is 7.53. The minimum Gasteiger partial charge on any atom is -0.323 e. The first-order valence-electron chi connectivity index (χ1n) is 5.47. The summed E-state index contributed by atoms with van der Waals surface area (Å²) in [4.78, 5) is 2.77. The Bertz CT molecular complexity index is 278. The van der Waals surface area contributed by atoms with Crippen molar-refractivity contribution in [3.63, 3.8) is 0 Å². The lowest BCUT2D eigenvalue weighted by Gasteiger charge is -2.10. The molecule has 0 saturated heterocycles. The minimum absolute atomic E-state index is 0.264. The van der Waals surface area contributed by atoms with Crippen LogP contribution in [0.1, 0.15) is 54.0 Å². The van der Waals surface area contributed by atoms with Crippen molar-refractivity contribution in [2.45, 2.75) is 52.5 Å². The van der Waals surface area contributed by atoms with Gasteiger partial charge < -0.3 is 5.73 Å². The Morgan fingerprint density at radius 1 is 1.36 bits per heavy atom. The second-order valence-corrected chi connectivity index (χ2v) is 5.29. The zero-order chi connectivity index (χ0) is 10.6. The van der Waals surface area contributed by atoms with Crippen LogP contribution in [0.3, 0.4) is 0 Å². The van der Waals surface area contributed by atoms with Crippen LogP contribution in [0.2, 0.25) is 0 Å². The number of aryl methyl sites for hydroxylation is 2. The molecule has 0 fully saturated rings. The third-order valence-electron chi connectivity index (χ3n) is 2.53. The van der Waals surface area contributed by atoms with Gasteiger partial charge in [-0.15, -0.1) is 11.3 Å². The topological polar surface area (TPSA) is 26.0 Å². The summed E-state index contributed by atoms with van der Waals surface area (Å²) in [5, 5.41) is 0. The molecule has 0 spiro atoms. The number of rotatable bonds is 5. The molecule has 2 heteroatoms. The Morgan fingerprint density at radius 3 is 2.57 bits per heavy atom. The fraction of sp³-hybridized carbons (Fsp3) is 0.667. The zero-order valence-corrected chi connectivity index (χ0v) is 10.3. The normalized spacial score (nSPS) is 13.1. The van der Waals surface area contributed by atoms with E-state index in [-0.39, 0.29) is 6.04 Å². The van der Waals surface area contributed by atoms with Crippen LogP contribution in [0.25, 0.3) is 0 Å². The molecule has 1 nitrogen and oxygen atoms in total. The van der Waals surface area contributed by atoms with Gasteiger partial charge in [0.1, 0.15) is 0 Å². The smallest absolute Gasteiger partial charge is 0.0392 e. The van der Waals surface area contributed by atoms with Crippen molar-refractivity contribution >= 4 is 11.3 Å². The van der Waals surface area contributed by atoms with E-state index in [2.05, 4.69) is 26.8 Å². The first-order valence-corrected chi connectivity index (χ1v) is 6.29. The van der Waals surface area contributed by atoms with Gasteiger partial charge in [-0.2, -0.15) is 0 Å². The first kappa shape index (κ1) is 11.7. The molecule has 0 aliphatic carbocycles. The van der Waals surface area contributed by atoms with Crippen molar-refractivity contribution in [3.05, 3.63) is 21.4 Å². The Morgan fingerprint density at radius 2 is 2.07 bits per heavy atom. The highest BCUT2D eigenvalue weighted by Crippen LogP contribution is 2.28. The van der Waals surface area contributed by atoms with Crippen LogP contribution in [0.15, 0.2) is 6.07 Å². The van der Waals surface area contributed by atoms with Gasteiger partial charge in [0.05, 0.1) is 0 Å². The van der Waals surface area contributed by atoms with Gasteiger partial charge in [-0.1, -0.05) is 26.2 Å². The average Bonchev–Trinajstić information content (AvgIpc) is 2.45. The molecule has 1 aromatic rings. The quantitative estimate of drug-likeness (QED) is 0.733. The summed E-state index contributed by atoms with van der Waals surface area (Å²) in [6.45, 7) is 6.55. The summed E-state index contributed by atoms with van der Waals surface area (Å²) >= 11 is 1.86. The van der Waals surface area contributed by atoms with E-state index in [0.29, 0.717) is 0 Å². The monoisotopic (exact) mass is 211 g/mol. The Balaban J connectivity index is 2.51. The molecule has 1 rings (SSSR count). The summed E-state index contributed by atoms with van der Waals surface area (Å²) in [7, 11) is 0. The largest absolute Gasteiger partial charge is 0.323 e. The summed E-state index contributed by atoms with van der Waals surface area (Å²) in [6.07, 6.45) is 4.97. The summed E-state index contributed by atoms with van der Waals surface area (Å²) < 4.78 is 0. The van der Waals surface area contributed by atoms with Crippen LogP contribution < -0.4 is 5.73 Å². The van der Waals surface area contributed by atoms with Crippen LogP contribution in [-0.4, -0.2) is 0 Å². The van der Waals surface area contributed by atoms with Crippen LogP contribution >= 0.6 is 11.3 Å². The molecule has 80 valence electrons. The van der Waals surface area contributed by atoms with E-state index in [0.717, 1.165) is 6.42 Å². The predicted molar refractivity (Wildman–Crippen MR) is 64.9 cm³/mol. The number of thiophene rings is 1. The van der Waals surface area contributed by atoms with Crippen molar-refractivity contribution in [1.82, 2.24) is 0 Å². The molecule has 1 aromatic heterocycles. The van der Waals surface area contributed by atoms with Crippen LogP contribution in [0.4, 0.5) is 0 Å². The number of hydrogen-bond acceptors (Lipinski definition) is 2. The standard InChI is InChI=1S/C12H21NS/c1-4-5-6-7-11(13)12-9(2)8-10(3)14-12/h8,11H,4-7,13H2,1-3H3. The van der Waals surface area contributed by atoms with Gasteiger partial charge in [0.2, 0.25) is 0 Å². The van der Waals surface area contributed by atoms with E-state index in [1.165, 1.54) is 34.6 Å². The molecule has 0 saturated carbocycles. The summed E-state index contributed by atoms with van der Waals surface area (Å²) in [5.74, 6) is 0. The SMILES string of the molecule is CCCCCC(N)c1sc(C)cc1C. The highest BCUT2D eigenvalue weighted by Gasteiger charge is 2.11. The van der Waals surface area contributed by atoms with Gasteiger partial charge in [0, 0.05) is 15.8 Å². The lowest BCUT2D eigenvalue weighted by molar-refractivity contribution is 0.586. The molecule has 0 aliphatic rings. The van der Waals surface area contributed by atoms with Gasteiger partial charge >= 0.3 is 0 Å². The maximum Gasteiger partial charge on any atom is 0.0392 e. The lowest BCUT2D eigenvalue weighted by Crippen LogP contribution is -2.09. The highest BCUT2D eigenvalue weighted by atomic mass is 32.1. The molecular weight excluding hydrogens is 190 g/mol. The predicted octanol–water partition coefficient (Wildman–Crippen LogP) is 3.95. The molecule has 1 atom stereocenters. The maximum atomic E-state index is 6.16. The van der Waals surface area contributed by atoms with Crippen LogP contribution in [-0.2, 0) is 0 Å². The van der Waals surface area contributed by atoms with Gasteiger partial charge in [-0.25, -0.2) is 0 Å². The third-order valence-corrected chi connectivity index (χ3v) is 3.82. The number of nitrogens with two attached hydrogens (primary N) is 1. The highest BCUT2D eigenvalue weighted by molar-refractivity contribution is 7.12. The molecule has 0 bridgehead atoms. The Kier molecular flexibility index (Phi) is 4.63. The van der Waals surface area contributed by atoms with Crippen molar-refractivity contribution < 1.29 is 0 Å². The molecule has 2 N–H and O–H groups in total. The molecule has 0 aromatic carbocycles. The molecule has 0 aliphatic heterocycles. The van der Waals surface area contributed by atoms with Crippen LogP contribution in [0.5, 0.6) is 0 Å². The first-order chi connectivity index (χ1) is 6.65. The Hall–Kier alpha value is -0.340. The molecule has 1 unspecified atom stereocenters. The van der Waals surface area contributed by atoms with E-state index in [1.807, 2.05) is 11.3 Å². The third kappa shape index (κ3) is 3.10. The second-order valence-electron chi connectivity index (χ2n) is 4.01. The van der Waals surface area contributed by atoms with E-state index in [1.54, 1.807) is 0 Å². The number of hydrogen-bond donors (Lipinski definition) is 1. The van der Waals surface area contributed by atoms with Gasteiger partial charge in [0.25, 0.3) is 0 Å². The summed E-state index contributed by atoms with van der Waals surface area (Å²) in [6, 6.07) is 2.50. The lowest BCUT2D eigenvalue weighted by atomic mass is 10.1. The van der Waals surface area contributed by atoms with Crippen molar-refractivity contribution in [2.75, 3.05) is 0 Å². The molecular formula is C12H21NS. The zero-order valence-electron chi connectivity index (χ0n) is 9.47. The second kappa shape index (κ2) is 5.52. The van der Waals surface area contributed by atoms with Gasteiger partial charge in [0.15, 0.2) is 0 Å². The van der Waals surface area contributed by atoms with Crippen LogP contribution in [0, 0.1) is 13.8 Å². The number of unbranched alkanes of at least 4 members (excludes halogenated alkanes) is 2. The maximum absolute atomic E-state index is 6.16. The fourth-order valence-corrected chi connectivity index (χ4v) is 2.84. The molecule has 0 amide bonds. The van der Waals surface area contributed by atoms with Crippen molar-refractivity contribution in [2.24, 2.45) is 5.73 Å². The van der Waals surface area contributed by atoms with Gasteiger partial charge in [-0.3, -0.25) is 0 Å². The van der Waals surface area contributed by atoms with Crippen molar-refractivity contribution in [3.8, 4) is 0 Å². The van der Waals surface area contributed by atoms with E-state index in [9.17, 15) is 0 Å². The van der Waals surface area contributed by atoms with Crippen molar-refractivity contribution in [1.29, 1.82) is 0 Å². The fourth-order valence-electron chi connectivity index (χ4n) is 1.77.